The number of amidine groups is 2. The third kappa shape index (κ3) is 27.0. The molecule has 0 aromatic heterocycles. The number of rotatable bonds is 0. The van der Waals surface area contributed by atoms with Gasteiger partial charge in [-0.2, -0.15) is 0 Å². The van der Waals surface area contributed by atoms with Crippen LogP contribution >= 0.6 is 19.1 Å². The van der Waals surface area contributed by atoms with E-state index in [1.807, 2.05) is 0 Å². The van der Waals surface area contributed by atoms with E-state index >= 15 is 0 Å². The Morgan fingerprint density at radius 1 is 0.783 bits per heavy atom. The van der Waals surface area contributed by atoms with Crippen LogP contribution in [-0.4, -0.2) is 51.4 Å². The van der Waals surface area contributed by atoms with Crippen molar-refractivity contribution in [1.29, 1.82) is 0 Å². The zero-order chi connectivity index (χ0) is 19.1. The summed E-state index contributed by atoms with van der Waals surface area (Å²) in [5.41, 5.74) is 0.0374. The van der Waals surface area contributed by atoms with Crippen molar-refractivity contribution < 1.29 is 25.4 Å². The van der Waals surface area contributed by atoms with Crippen LogP contribution in [0.5, 0.6) is 0 Å². The molecule has 0 radical (unpaired) electrons. The molecule has 0 heterocycles. The Morgan fingerprint density at radius 3 is 1.04 bits per heavy atom. The molecule has 0 aromatic rings. The van der Waals surface area contributed by atoms with Gasteiger partial charge in [0, 0.05) is 25.2 Å². The molecule has 0 aromatic carbocycles. The summed E-state index contributed by atoms with van der Waals surface area (Å²) in [6.07, 6.45) is 0. The first-order valence-corrected chi connectivity index (χ1v) is 10.8. The van der Waals surface area contributed by atoms with Gasteiger partial charge in [-0.25, -0.2) is 9.98 Å². The van der Waals surface area contributed by atoms with Crippen LogP contribution in [0.15, 0.2) is 9.98 Å². The normalized spacial score (nSPS) is 12.3. The summed E-state index contributed by atoms with van der Waals surface area (Å²) in [5.74, 6) is 0. The van der Waals surface area contributed by atoms with Crippen LogP contribution in [0.1, 0.15) is 41.5 Å². The van der Waals surface area contributed by atoms with Crippen molar-refractivity contribution in [2.75, 3.05) is 28.3 Å². The number of methoxy groups -OCH3 is 2. The molecule has 0 unspecified atom stereocenters. The first-order valence-electron chi connectivity index (χ1n) is 6.81. The van der Waals surface area contributed by atoms with Gasteiger partial charge in [0.25, 0.3) is 12.0 Å². The molecule has 0 aliphatic heterocycles. The Hall–Kier alpha value is -0.218. The second kappa shape index (κ2) is 15.3. The monoisotopic (exact) mass is 464 g/mol. The minimum absolute atomic E-state index is 0.0187. The van der Waals surface area contributed by atoms with Gasteiger partial charge < -0.3 is 20.1 Å². The molecule has 144 valence electrons. The molecule has 0 fully saturated rings. The van der Waals surface area contributed by atoms with Crippen LogP contribution < -0.4 is 10.6 Å². The van der Waals surface area contributed by atoms with E-state index in [4.69, 9.17) is 28.5 Å². The maximum atomic E-state index is 4.91. The van der Waals surface area contributed by atoms with Crippen molar-refractivity contribution in [1.82, 2.24) is 10.6 Å². The molecule has 0 rings (SSSR count). The van der Waals surface area contributed by atoms with Gasteiger partial charge in [0.05, 0.1) is 14.2 Å². The van der Waals surface area contributed by atoms with Crippen LogP contribution in [0.2, 0.25) is 0 Å². The van der Waals surface area contributed by atoms with Crippen LogP contribution in [0, 0.1) is 0 Å². The zero-order valence-electron chi connectivity index (χ0n) is 15.8. The van der Waals surface area contributed by atoms with Crippen molar-refractivity contribution in [2.45, 2.75) is 52.6 Å². The zero-order valence-corrected chi connectivity index (χ0v) is 18.8. The van der Waals surface area contributed by atoms with Gasteiger partial charge in [-0.1, -0.05) is 0 Å². The van der Waals surface area contributed by atoms with E-state index in [1.165, 1.54) is 0 Å². The van der Waals surface area contributed by atoms with Gasteiger partial charge in [-0.05, 0) is 41.5 Å². The fourth-order valence-corrected chi connectivity index (χ4v) is 1.04. The van der Waals surface area contributed by atoms with E-state index in [0.29, 0.717) is 12.0 Å². The van der Waals surface area contributed by atoms with Gasteiger partial charge in [-0.3, -0.25) is 0 Å². The van der Waals surface area contributed by atoms with E-state index in [2.05, 4.69) is 62.2 Å². The number of ether oxygens (including phenoxy) is 2. The van der Waals surface area contributed by atoms with Crippen LogP contribution in [0.25, 0.3) is 0 Å². The molecule has 0 atom stereocenters. The Labute approximate surface area is 157 Å². The predicted octanol–water partition coefficient (Wildman–Crippen LogP) is 3.39. The fraction of sp³-hybridized carbons (Fsp3) is 0.857. The summed E-state index contributed by atoms with van der Waals surface area (Å²) in [5, 5.41) is 6.17. The van der Waals surface area contributed by atoms with E-state index in [9.17, 15) is 0 Å². The molecular weight excluding hydrogens is 434 g/mol. The quantitative estimate of drug-likeness (QED) is 0.327. The molecule has 23 heavy (non-hydrogen) atoms. The third-order valence-corrected chi connectivity index (χ3v) is 1.76. The Morgan fingerprint density at radius 2 is 1.00 bits per heavy atom. The van der Waals surface area contributed by atoms with Gasteiger partial charge in [0.1, 0.15) is 0 Å². The summed E-state index contributed by atoms with van der Waals surface area (Å²) in [6, 6.07) is 1.15. The molecule has 0 bridgehead atoms. The van der Waals surface area contributed by atoms with E-state index in [-0.39, 0.29) is 27.0 Å². The van der Waals surface area contributed by atoms with Crippen molar-refractivity contribution in [3.05, 3.63) is 0 Å². The van der Waals surface area contributed by atoms with Crippen molar-refractivity contribution in [3.63, 3.8) is 0 Å². The maximum absolute atomic E-state index is 4.91. The summed E-state index contributed by atoms with van der Waals surface area (Å²) in [4.78, 5) is 7.75. The van der Waals surface area contributed by atoms with Crippen LogP contribution in [-0.2, 0) is 25.4 Å². The summed E-state index contributed by atoms with van der Waals surface area (Å²) in [7, 11) is 16.2. The molecule has 0 aliphatic rings. The Balaban J connectivity index is -0.000000297. The van der Waals surface area contributed by atoms with E-state index < -0.39 is 0 Å². The predicted molar refractivity (Wildman–Crippen MR) is 98.2 cm³/mol. The molecule has 0 spiro atoms. The van der Waals surface area contributed by atoms with Crippen LogP contribution in [0.3, 0.4) is 0 Å². The van der Waals surface area contributed by atoms with E-state index in [0.717, 1.165) is 0 Å². The van der Waals surface area contributed by atoms with Gasteiger partial charge in [0.15, 0.2) is 0 Å². The standard InChI is InChI=1S/2C7H16N2O.2ClH.Pd/c2*1-7(2,3)9-6(8-4)10-5;;;/h2*1-5H3,(H,8,9);2*1H;/q;;;;+2/p-2. The molecule has 2 N–H and O–H groups in total. The molecule has 6 nitrogen and oxygen atoms in total. The van der Waals surface area contributed by atoms with E-state index in [1.54, 1.807) is 28.3 Å². The van der Waals surface area contributed by atoms with Crippen molar-refractivity contribution in [2.24, 2.45) is 9.98 Å². The summed E-state index contributed by atoms with van der Waals surface area (Å²) in [6.45, 7) is 12.3. The number of hydrogen-bond donors (Lipinski definition) is 2. The molecule has 0 saturated carbocycles. The number of halogens is 2. The number of nitrogens with one attached hydrogen (secondary N) is 2. The van der Waals surface area contributed by atoms with Crippen molar-refractivity contribution in [3.8, 4) is 0 Å². The molecular formula is C14H32Cl2N4O2Pd. The van der Waals surface area contributed by atoms with Gasteiger partial charge in [-0.15, -0.1) is 0 Å². The third-order valence-electron chi connectivity index (χ3n) is 1.76. The summed E-state index contributed by atoms with van der Waals surface area (Å²) >= 11 is -0.106. The Bertz CT molecular complexity index is 309. The molecule has 0 aliphatic carbocycles. The molecule has 9 heteroatoms. The summed E-state index contributed by atoms with van der Waals surface area (Å²) < 4.78 is 9.83. The number of nitrogens with zero attached hydrogens (tertiary/aromatic N) is 2. The van der Waals surface area contributed by atoms with Gasteiger partial charge >= 0.3 is 35.0 Å². The van der Waals surface area contributed by atoms with Gasteiger partial charge in [0.2, 0.25) is 0 Å². The minimum atomic E-state index is -0.106. The topological polar surface area (TPSA) is 67.2 Å². The second-order valence-electron chi connectivity index (χ2n) is 6.26. The first-order chi connectivity index (χ1) is 10.4. The second-order valence-corrected chi connectivity index (χ2v) is 8.62. The van der Waals surface area contributed by atoms with Crippen LogP contribution in [0.4, 0.5) is 0 Å². The Kier molecular flexibility index (Phi) is 18.4. The fourth-order valence-electron chi connectivity index (χ4n) is 1.04. The van der Waals surface area contributed by atoms with Crippen molar-refractivity contribution >= 4 is 31.1 Å². The first kappa shape index (κ1) is 27.6. The molecule has 0 amide bonds. The number of aliphatic imine (C=N–C) groups is 2. The average molecular weight is 466 g/mol. The average Bonchev–Trinajstić information content (AvgIpc) is 2.41. The SMILES string of the molecule is CN=C(NC(C)(C)C)OC.CN=C(NC(C)(C)C)OC.[Cl][Pd][Cl]. The molecule has 0 saturated heterocycles. The number of hydrogen-bond acceptors (Lipinski definition) is 4.